The Morgan fingerprint density at radius 2 is 1.88 bits per heavy atom. The SMILES string of the molecule is O=C1c2ccccc2[C@@]2(O)c3c1cccc3N1C(=O)CC[C@@]13C=C[C@@H]2O3. The normalized spacial score (nSPS) is 33.0. The van der Waals surface area contributed by atoms with Crippen molar-refractivity contribution in [3.8, 4) is 0 Å². The molecule has 1 saturated heterocycles. The third kappa shape index (κ3) is 1.39. The monoisotopic (exact) mass is 345 g/mol. The Labute approximate surface area is 149 Å². The Balaban J connectivity index is 1.78. The van der Waals surface area contributed by atoms with E-state index < -0.39 is 17.4 Å². The number of rotatable bonds is 0. The summed E-state index contributed by atoms with van der Waals surface area (Å²) in [5.41, 5.74) is 0.111. The lowest BCUT2D eigenvalue weighted by Gasteiger charge is -2.39. The van der Waals surface area contributed by atoms with Crippen LogP contribution in [0.2, 0.25) is 0 Å². The van der Waals surface area contributed by atoms with E-state index in [1.807, 2.05) is 18.2 Å². The van der Waals surface area contributed by atoms with Crippen LogP contribution in [0.15, 0.2) is 54.6 Å². The number of ketones is 1. The molecule has 6 rings (SSSR count). The molecule has 2 aromatic carbocycles. The molecule has 3 aliphatic heterocycles. The number of anilines is 1. The predicted molar refractivity (Wildman–Crippen MR) is 92.8 cm³/mol. The Hall–Kier alpha value is -2.76. The Morgan fingerprint density at radius 1 is 1.08 bits per heavy atom. The van der Waals surface area contributed by atoms with Gasteiger partial charge >= 0.3 is 0 Å². The molecule has 1 amide bonds. The van der Waals surface area contributed by atoms with E-state index in [9.17, 15) is 14.7 Å². The first kappa shape index (κ1) is 14.4. The van der Waals surface area contributed by atoms with Crippen LogP contribution in [0.3, 0.4) is 0 Å². The van der Waals surface area contributed by atoms with Gasteiger partial charge in [0.2, 0.25) is 5.91 Å². The first-order valence-corrected chi connectivity index (χ1v) is 8.76. The lowest BCUT2D eigenvalue weighted by Crippen LogP contribution is -2.46. The molecule has 5 heteroatoms. The van der Waals surface area contributed by atoms with Crippen LogP contribution in [0.25, 0.3) is 0 Å². The molecule has 2 bridgehead atoms. The highest BCUT2D eigenvalue weighted by Gasteiger charge is 2.61. The number of hydrogen-bond donors (Lipinski definition) is 1. The molecule has 4 aliphatic rings. The Bertz CT molecular complexity index is 1060. The topological polar surface area (TPSA) is 66.8 Å². The van der Waals surface area contributed by atoms with Crippen molar-refractivity contribution in [2.75, 3.05) is 4.90 Å². The van der Waals surface area contributed by atoms with Crippen molar-refractivity contribution in [2.24, 2.45) is 0 Å². The van der Waals surface area contributed by atoms with Crippen molar-refractivity contribution in [3.63, 3.8) is 0 Å². The molecule has 5 nitrogen and oxygen atoms in total. The third-order valence-electron chi connectivity index (χ3n) is 6.09. The Morgan fingerprint density at radius 3 is 2.77 bits per heavy atom. The number of hydrogen-bond acceptors (Lipinski definition) is 4. The summed E-state index contributed by atoms with van der Waals surface area (Å²) in [5, 5.41) is 12.0. The molecule has 1 N–H and O–H groups in total. The second kappa shape index (κ2) is 4.31. The first-order chi connectivity index (χ1) is 12.6. The molecule has 3 atom stereocenters. The highest BCUT2D eigenvalue weighted by atomic mass is 16.5. The predicted octanol–water partition coefficient (Wildman–Crippen LogP) is 2.26. The first-order valence-electron chi connectivity index (χ1n) is 8.76. The van der Waals surface area contributed by atoms with Gasteiger partial charge in [-0.05, 0) is 12.1 Å². The average Bonchev–Trinajstić information content (AvgIpc) is 3.21. The van der Waals surface area contributed by atoms with Crippen molar-refractivity contribution in [1.29, 1.82) is 0 Å². The fraction of sp³-hybridized carbons (Fsp3) is 0.238. The van der Waals surface area contributed by atoms with Crippen LogP contribution in [0, 0.1) is 0 Å². The molecule has 0 saturated carbocycles. The van der Waals surface area contributed by atoms with Crippen molar-refractivity contribution in [1.82, 2.24) is 0 Å². The molecule has 1 aliphatic carbocycles. The van der Waals surface area contributed by atoms with Gasteiger partial charge in [-0.3, -0.25) is 14.5 Å². The van der Waals surface area contributed by atoms with E-state index in [-0.39, 0.29) is 11.7 Å². The van der Waals surface area contributed by atoms with Gasteiger partial charge < -0.3 is 9.84 Å². The number of nitrogens with zero attached hydrogens (tertiary/aromatic N) is 1. The number of carbonyl (C=O) groups is 2. The fourth-order valence-corrected chi connectivity index (χ4v) is 4.99. The Kier molecular flexibility index (Phi) is 2.39. The van der Waals surface area contributed by atoms with E-state index in [2.05, 4.69) is 0 Å². The molecule has 26 heavy (non-hydrogen) atoms. The van der Waals surface area contributed by atoms with Crippen molar-refractivity contribution in [3.05, 3.63) is 76.9 Å². The maximum absolute atomic E-state index is 13.1. The number of amides is 1. The smallest absolute Gasteiger partial charge is 0.229 e. The molecule has 1 spiro atoms. The molecule has 0 aromatic heterocycles. The summed E-state index contributed by atoms with van der Waals surface area (Å²) in [6, 6.07) is 12.4. The summed E-state index contributed by atoms with van der Waals surface area (Å²) >= 11 is 0. The molecule has 0 radical (unpaired) electrons. The van der Waals surface area contributed by atoms with E-state index >= 15 is 0 Å². The molecule has 128 valence electrons. The number of benzene rings is 2. The average molecular weight is 345 g/mol. The number of ether oxygens (including phenoxy) is 1. The second-order valence-electron chi connectivity index (χ2n) is 7.31. The summed E-state index contributed by atoms with van der Waals surface area (Å²) in [6.45, 7) is 0. The minimum atomic E-state index is -1.51. The van der Waals surface area contributed by atoms with E-state index in [0.717, 1.165) is 0 Å². The van der Waals surface area contributed by atoms with Crippen molar-refractivity contribution >= 4 is 17.4 Å². The minimum absolute atomic E-state index is 0.0562. The van der Waals surface area contributed by atoms with Crippen LogP contribution in [-0.4, -0.2) is 28.6 Å². The zero-order valence-corrected chi connectivity index (χ0v) is 13.8. The van der Waals surface area contributed by atoms with Gasteiger partial charge in [-0.25, -0.2) is 0 Å². The van der Waals surface area contributed by atoms with Crippen LogP contribution in [-0.2, 0) is 15.1 Å². The van der Waals surface area contributed by atoms with Gasteiger partial charge in [-0.1, -0.05) is 42.5 Å². The highest BCUT2D eigenvalue weighted by molar-refractivity contribution is 6.15. The van der Waals surface area contributed by atoms with Gasteiger partial charge in [0.15, 0.2) is 11.5 Å². The number of aliphatic hydroxyl groups is 1. The lowest BCUT2D eigenvalue weighted by molar-refractivity contribution is -0.121. The van der Waals surface area contributed by atoms with E-state index in [4.69, 9.17) is 4.74 Å². The van der Waals surface area contributed by atoms with E-state index in [1.54, 1.807) is 41.3 Å². The number of fused-ring (bicyclic) bond motifs is 5. The summed E-state index contributed by atoms with van der Waals surface area (Å²) < 4.78 is 6.31. The van der Waals surface area contributed by atoms with Crippen molar-refractivity contribution < 1.29 is 19.4 Å². The zero-order valence-electron chi connectivity index (χ0n) is 13.8. The van der Waals surface area contributed by atoms with Crippen LogP contribution < -0.4 is 4.90 Å². The second-order valence-corrected chi connectivity index (χ2v) is 7.31. The summed E-state index contributed by atoms with van der Waals surface area (Å²) in [7, 11) is 0. The maximum Gasteiger partial charge on any atom is 0.229 e. The van der Waals surface area contributed by atoms with E-state index in [0.29, 0.717) is 40.8 Å². The fourth-order valence-electron chi connectivity index (χ4n) is 4.99. The van der Waals surface area contributed by atoms with Gasteiger partial charge in [0.25, 0.3) is 0 Å². The number of carbonyl (C=O) groups excluding carboxylic acids is 2. The third-order valence-corrected chi connectivity index (χ3v) is 6.09. The van der Waals surface area contributed by atoms with Gasteiger partial charge in [0.1, 0.15) is 11.7 Å². The molecule has 2 aromatic rings. The molecule has 3 heterocycles. The molecule has 1 fully saturated rings. The van der Waals surface area contributed by atoms with Crippen LogP contribution in [0.1, 0.15) is 39.9 Å². The highest BCUT2D eigenvalue weighted by Crippen LogP contribution is 2.56. The lowest BCUT2D eigenvalue weighted by atomic mass is 9.70. The van der Waals surface area contributed by atoms with Gasteiger partial charge in [-0.2, -0.15) is 0 Å². The summed E-state index contributed by atoms with van der Waals surface area (Å²) in [4.78, 5) is 27.4. The zero-order chi connectivity index (χ0) is 17.7. The van der Waals surface area contributed by atoms with Gasteiger partial charge in [0, 0.05) is 35.1 Å². The summed E-state index contributed by atoms with van der Waals surface area (Å²) in [6.07, 6.45) is 3.97. The van der Waals surface area contributed by atoms with Crippen LogP contribution in [0.5, 0.6) is 0 Å². The summed E-state index contributed by atoms with van der Waals surface area (Å²) in [5.74, 6) is -0.191. The minimum Gasteiger partial charge on any atom is -0.377 e. The van der Waals surface area contributed by atoms with Gasteiger partial charge in [0.05, 0.1) is 5.69 Å². The van der Waals surface area contributed by atoms with Crippen LogP contribution >= 0.6 is 0 Å². The maximum atomic E-state index is 13.1. The molecule has 0 unspecified atom stereocenters. The quantitative estimate of drug-likeness (QED) is 0.744. The van der Waals surface area contributed by atoms with Gasteiger partial charge in [-0.15, -0.1) is 0 Å². The molecular formula is C21H15NO4. The van der Waals surface area contributed by atoms with E-state index in [1.165, 1.54) is 0 Å². The standard InChI is InChI=1S/C21H15NO4/c23-17-9-11-20-10-8-16(26-20)21(25)14-6-2-1-4-12(14)19(24)13-5-3-7-15(18(13)21)22(17)20/h1-8,10,16,25H,9,11H2/t16-,20-,21-/m0/s1. The van der Waals surface area contributed by atoms with Crippen LogP contribution in [0.4, 0.5) is 5.69 Å². The molecular weight excluding hydrogens is 330 g/mol. The van der Waals surface area contributed by atoms with Crippen molar-refractivity contribution in [2.45, 2.75) is 30.3 Å². The largest absolute Gasteiger partial charge is 0.377 e.